The molecule has 0 aliphatic carbocycles. The highest BCUT2D eigenvalue weighted by Gasteiger charge is 2.26. The van der Waals surface area contributed by atoms with E-state index in [0.717, 1.165) is 10.9 Å². The lowest BCUT2D eigenvalue weighted by Gasteiger charge is -2.12. The molecule has 2 aromatic rings. The number of pyridine rings is 1. The molecule has 0 bridgehead atoms. The highest BCUT2D eigenvalue weighted by molar-refractivity contribution is 5.89. The van der Waals surface area contributed by atoms with E-state index in [2.05, 4.69) is 10.1 Å². The molecule has 0 radical (unpaired) electrons. The zero-order valence-corrected chi connectivity index (χ0v) is 11.3. The van der Waals surface area contributed by atoms with E-state index in [4.69, 9.17) is 9.84 Å². The molecular weight excluding hydrogens is 280 g/mol. The Morgan fingerprint density at radius 2 is 2.24 bits per heavy atom. The van der Waals surface area contributed by atoms with Crippen molar-refractivity contribution >= 4 is 11.7 Å². The van der Waals surface area contributed by atoms with Crippen LogP contribution in [0.15, 0.2) is 24.5 Å². The Bertz CT molecular complexity index is 663. The van der Waals surface area contributed by atoms with Gasteiger partial charge in [0.15, 0.2) is 11.6 Å². The van der Waals surface area contributed by atoms with Crippen LogP contribution in [0.1, 0.15) is 24.3 Å². The molecule has 110 valence electrons. The Balaban J connectivity index is 2.55. The van der Waals surface area contributed by atoms with Crippen LogP contribution in [0.3, 0.4) is 0 Å². The van der Waals surface area contributed by atoms with Gasteiger partial charge in [0.2, 0.25) is 5.69 Å². The quantitative estimate of drug-likeness (QED) is 0.657. The van der Waals surface area contributed by atoms with Gasteiger partial charge in [0, 0.05) is 6.20 Å². The maximum Gasteiger partial charge on any atom is 0.363 e. The summed E-state index contributed by atoms with van der Waals surface area (Å²) in [7, 11) is 0. The summed E-state index contributed by atoms with van der Waals surface area (Å²) in [5, 5.41) is 23.5. The molecule has 0 saturated heterocycles. The first-order valence-corrected chi connectivity index (χ1v) is 5.99. The van der Waals surface area contributed by atoms with Crippen molar-refractivity contribution in [2.45, 2.75) is 20.0 Å². The summed E-state index contributed by atoms with van der Waals surface area (Å²) >= 11 is 0. The highest BCUT2D eigenvalue weighted by Crippen LogP contribution is 2.24. The summed E-state index contributed by atoms with van der Waals surface area (Å²) in [6.45, 7) is 3.62. The molecular formula is C12H12N4O5. The lowest BCUT2D eigenvalue weighted by atomic mass is 10.4. The average molecular weight is 292 g/mol. The SMILES string of the molecule is CC(C)Oc1cccnc1-n1cc([N+](=O)[O-])c(C(=O)O)n1. The van der Waals surface area contributed by atoms with Gasteiger partial charge in [-0.1, -0.05) is 0 Å². The number of hydrogen-bond donors (Lipinski definition) is 1. The van der Waals surface area contributed by atoms with E-state index in [-0.39, 0.29) is 11.9 Å². The molecule has 0 saturated carbocycles. The van der Waals surface area contributed by atoms with E-state index in [1.807, 2.05) is 13.8 Å². The van der Waals surface area contributed by atoms with E-state index in [0.29, 0.717) is 5.75 Å². The number of aromatic nitrogens is 3. The standard InChI is InChI=1S/C12H12N4O5/c1-7(2)21-9-4-3-5-13-11(9)15-6-8(16(19)20)10(14-15)12(17)18/h3-7H,1-2H3,(H,17,18). The maximum atomic E-state index is 11.0. The number of hydrogen-bond acceptors (Lipinski definition) is 6. The summed E-state index contributed by atoms with van der Waals surface area (Å²) in [6, 6.07) is 3.26. The molecule has 0 aliphatic heterocycles. The zero-order valence-electron chi connectivity index (χ0n) is 11.3. The molecule has 0 atom stereocenters. The van der Waals surface area contributed by atoms with Crippen molar-refractivity contribution in [1.82, 2.24) is 14.8 Å². The summed E-state index contributed by atoms with van der Waals surface area (Å²) < 4.78 is 6.56. The van der Waals surface area contributed by atoms with Gasteiger partial charge in [-0.3, -0.25) is 10.1 Å². The van der Waals surface area contributed by atoms with Crippen LogP contribution in [0, 0.1) is 10.1 Å². The summed E-state index contributed by atoms with van der Waals surface area (Å²) in [5.74, 6) is -0.952. The van der Waals surface area contributed by atoms with Crippen molar-refractivity contribution in [2.75, 3.05) is 0 Å². The fourth-order valence-electron chi connectivity index (χ4n) is 1.66. The Hall–Kier alpha value is -2.97. The lowest BCUT2D eigenvalue weighted by Crippen LogP contribution is -2.10. The molecule has 21 heavy (non-hydrogen) atoms. The third-order valence-corrected chi connectivity index (χ3v) is 2.42. The van der Waals surface area contributed by atoms with Gasteiger partial charge in [0.05, 0.1) is 11.0 Å². The van der Waals surface area contributed by atoms with Gasteiger partial charge in [0.1, 0.15) is 6.20 Å². The number of carboxylic acid groups (broad SMARTS) is 1. The van der Waals surface area contributed by atoms with Crippen LogP contribution < -0.4 is 4.74 Å². The van der Waals surface area contributed by atoms with Crippen LogP contribution in [-0.2, 0) is 0 Å². The Morgan fingerprint density at radius 3 is 2.76 bits per heavy atom. The monoisotopic (exact) mass is 292 g/mol. The second-order valence-electron chi connectivity index (χ2n) is 4.36. The molecule has 0 fully saturated rings. The van der Waals surface area contributed by atoms with Crippen LogP contribution in [0.2, 0.25) is 0 Å². The second-order valence-corrected chi connectivity index (χ2v) is 4.36. The molecule has 0 amide bonds. The van der Waals surface area contributed by atoms with E-state index in [9.17, 15) is 14.9 Å². The zero-order chi connectivity index (χ0) is 15.6. The van der Waals surface area contributed by atoms with Gasteiger partial charge < -0.3 is 9.84 Å². The van der Waals surface area contributed by atoms with E-state index in [1.54, 1.807) is 12.1 Å². The third kappa shape index (κ3) is 2.96. The largest absolute Gasteiger partial charge is 0.487 e. The molecule has 9 heteroatoms. The molecule has 0 aromatic carbocycles. The van der Waals surface area contributed by atoms with Gasteiger partial charge in [-0.05, 0) is 26.0 Å². The highest BCUT2D eigenvalue weighted by atomic mass is 16.6. The predicted molar refractivity (Wildman–Crippen MR) is 70.7 cm³/mol. The summed E-state index contributed by atoms with van der Waals surface area (Å²) in [6.07, 6.45) is 2.31. The first kappa shape index (κ1) is 14.4. The van der Waals surface area contributed by atoms with Crippen molar-refractivity contribution < 1.29 is 19.6 Å². The number of nitrogens with zero attached hydrogens (tertiary/aromatic N) is 4. The minimum Gasteiger partial charge on any atom is -0.487 e. The Kier molecular flexibility index (Phi) is 3.83. The normalized spacial score (nSPS) is 10.6. The van der Waals surface area contributed by atoms with Crippen molar-refractivity contribution in [3.63, 3.8) is 0 Å². The van der Waals surface area contributed by atoms with Crippen molar-refractivity contribution in [1.29, 1.82) is 0 Å². The third-order valence-electron chi connectivity index (χ3n) is 2.42. The fraction of sp³-hybridized carbons (Fsp3) is 0.250. The van der Waals surface area contributed by atoms with E-state index in [1.165, 1.54) is 6.20 Å². The smallest absolute Gasteiger partial charge is 0.363 e. The van der Waals surface area contributed by atoms with E-state index >= 15 is 0 Å². The molecule has 0 spiro atoms. The molecule has 9 nitrogen and oxygen atoms in total. The molecule has 2 aromatic heterocycles. The topological polar surface area (TPSA) is 120 Å². The van der Waals surface area contributed by atoms with Gasteiger partial charge in [-0.25, -0.2) is 14.5 Å². The molecule has 0 unspecified atom stereocenters. The Labute approximate surface area is 118 Å². The number of nitro groups is 1. The number of rotatable bonds is 5. The first-order valence-electron chi connectivity index (χ1n) is 5.99. The maximum absolute atomic E-state index is 11.0. The van der Waals surface area contributed by atoms with Gasteiger partial charge >= 0.3 is 11.7 Å². The molecule has 0 aliphatic rings. The Morgan fingerprint density at radius 1 is 1.52 bits per heavy atom. The van der Waals surface area contributed by atoms with Crippen molar-refractivity contribution in [3.05, 3.63) is 40.3 Å². The molecule has 1 N–H and O–H groups in total. The fourth-order valence-corrected chi connectivity index (χ4v) is 1.66. The minimum atomic E-state index is -1.48. The van der Waals surface area contributed by atoms with Crippen LogP contribution in [0.25, 0.3) is 5.82 Å². The number of carboxylic acids is 1. The van der Waals surface area contributed by atoms with E-state index < -0.39 is 22.3 Å². The van der Waals surface area contributed by atoms with Crippen LogP contribution >= 0.6 is 0 Å². The molecule has 2 rings (SSSR count). The number of carbonyl (C=O) groups is 1. The molecule has 2 heterocycles. The van der Waals surface area contributed by atoms with Gasteiger partial charge in [-0.15, -0.1) is 0 Å². The van der Waals surface area contributed by atoms with Crippen molar-refractivity contribution in [2.24, 2.45) is 0 Å². The second kappa shape index (κ2) is 5.57. The summed E-state index contributed by atoms with van der Waals surface area (Å²) in [5.41, 5.74) is -1.26. The van der Waals surface area contributed by atoms with Crippen LogP contribution in [-0.4, -0.2) is 36.9 Å². The summed E-state index contributed by atoms with van der Waals surface area (Å²) in [4.78, 5) is 25.1. The average Bonchev–Trinajstić information content (AvgIpc) is 2.84. The van der Waals surface area contributed by atoms with Crippen molar-refractivity contribution in [3.8, 4) is 11.6 Å². The minimum absolute atomic E-state index is 0.141. The predicted octanol–water partition coefficient (Wildman–Crippen LogP) is 1.66. The number of aromatic carboxylic acids is 1. The van der Waals surface area contributed by atoms with Gasteiger partial charge in [0.25, 0.3) is 0 Å². The number of ether oxygens (including phenoxy) is 1. The van der Waals surface area contributed by atoms with Gasteiger partial charge in [-0.2, -0.15) is 5.10 Å². The first-order chi connectivity index (χ1) is 9.90. The van der Waals surface area contributed by atoms with Crippen LogP contribution in [0.5, 0.6) is 5.75 Å². The van der Waals surface area contributed by atoms with Crippen LogP contribution in [0.4, 0.5) is 5.69 Å². The lowest BCUT2D eigenvalue weighted by molar-refractivity contribution is -0.385.